The molecule has 2 rings (SSSR count). The molecular formula is C15H16F4N2O4. The van der Waals surface area contributed by atoms with Crippen LogP contribution in [0.1, 0.15) is 15.9 Å². The van der Waals surface area contributed by atoms with Crippen LogP contribution >= 0.6 is 0 Å². The van der Waals surface area contributed by atoms with E-state index in [1.165, 1.54) is 0 Å². The third-order valence-corrected chi connectivity index (χ3v) is 3.09. The third-order valence-electron chi connectivity index (χ3n) is 3.09. The number of amides is 1. The van der Waals surface area contributed by atoms with Gasteiger partial charge in [0.1, 0.15) is 12.4 Å². The van der Waals surface area contributed by atoms with Crippen molar-refractivity contribution in [3.63, 3.8) is 0 Å². The summed E-state index contributed by atoms with van der Waals surface area (Å²) in [6.45, 7) is 0.864. The van der Waals surface area contributed by atoms with E-state index in [9.17, 15) is 22.4 Å². The average molecular weight is 364 g/mol. The van der Waals surface area contributed by atoms with Gasteiger partial charge in [0.2, 0.25) is 0 Å². The maximum absolute atomic E-state index is 12.3. The monoisotopic (exact) mass is 364 g/mol. The van der Waals surface area contributed by atoms with E-state index in [4.69, 9.17) is 20.4 Å². The van der Waals surface area contributed by atoms with Gasteiger partial charge in [-0.3, -0.25) is 4.79 Å². The van der Waals surface area contributed by atoms with Gasteiger partial charge in [-0.05, 0) is 24.1 Å². The lowest BCUT2D eigenvalue weighted by Crippen LogP contribution is -2.31. The van der Waals surface area contributed by atoms with Crippen molar-refractivity contribution < 1.29 is 37.0 Å². The number of nitrogens with one attached hydrogen (secondary N) is 1. The third kappa shape index (κ3) is 6.42. The summed E-state index contributed by atoms with van der Waals surface area (Å²) in [7, 11) is 0. The fourth-order valence-corrected chi connectivity index (χ4v) is 1.79. The first-order valence-electron chi connectivity index (χ1n) is 7.01. The van der Waals surface area contributed by atoms with Crippen LogP contribution in [-0.2, 0) is 11.2 Å². The summed E-state index contributed by atoms with van der Waals surface area (Å²) in [6.07, 6.45) is -3.81. The summed E-state index contributed by atoms with van der Waals surface area (Å²) in [5, 5.41) is 9.89. The molecule has 0 spiro atoms. The van der Waals surface area contributed by atoms with Crippen molar-refractivity contribution in [2.75, 3.05) is 19.7 Å². The number of carboxylic acid groups (broad SMARTS) is 1. The number of aliphatic carboxylic acids is 1. The van der Waals surface area contributed by atoms with Crippen LogP contribution in [0.25, 0.3) is 0 Å². The Morgan fingerprint density at radius 2 is 2.04 bits per heavy atom. The lowest BCUT2D eigenvalue weighted by Gasteiger charge is -2.17. The van der Waals surface area contributed by atoms with E-state index in [2.05, 4.69) is 5.32 Å². The van der Waals surface area contributed by atoms with Crippen LogP contribution in [0.15, 0.2) is 30.1 Å². The minimum atomic E-state index is -5.08. The number of ether oxygens (including phenoxy) is 1. The van der Waals surface area contributed by atoms with E-state index in [0.29, 0.717) is 29.8 Å². The Kier molecular flexibility index (Phi) is 7.37. The van der Waals surface area contributed by atoms with Gasteiger partial charge in [-0.15, -0.1) is 0 Å². The molecule has 0 radical (unpaired) electrons. The summed E-state index contributed by atoms with van der Waals surface area (Å²) >= 11 is 0. The zero-order valence-electron chi connectivity index (χ0n) is 12.9. The van der Waals surface area contributed by atoms with Gasteiger partial charge >= 0.3 is 12.1 Å². The van der Waals surface area contributed by atoms with Crippen LogP contribution in [-0.4, -0.2) is 42.9 Å². The SMILES string of the molecule is NCC(=CF)COc1ccc2c(c1)C(=O)NCC2.O=C(O)C(F)(F)F. The first-order chi connectivity index (χ1) is 11.7. The molecule has 1 aliphatic heterocycles. The average Bonchev–Trinajstić information content (AvgIpc) is 2.56. The fraction of sp³-hybridized carbons (Fsp3) is 0.333. The second kappa shape index (κ2) is 9.02. The van der Waals surface area contributed by atoms with E-state index < -0.39 is 12.1 Å². The molecule has 0 saturated heterocycles. The Morgan fingerprint density at radius 1 is 1.40 bits per heavy atom. The van der Waals surface area contributed by atoms with Gasteiger partial charge in [0.25, 0.3) is 5.91 Å². The molecule has 25 heavy (non-hydrogen) atoms. The molecule has 138 valence electrons. The van der Waals surface area contributed by atoms with Gasteiger partial charge in [-0.25, -0.2) is 9.18 Å². The Morgan fingerprint density at radius 3 is 2.56 bits per heavy atom. The van der Waals surface area contributed by atoms with Crippen LogP contribution in [0, 0.1) is 0 Å². The van der Waals surface area contributed by atoms with Gasteiger partial charge in [0, 0.05) is 24.2 Å². The number of hydrogen-bond donors (Lipinski definition) is 3. The molecule has 1 amide bonds. The number of carbonyl (C=O) groups is 2. The van der Waals surface area contributed by atoms with Crippen molar-refractivity contribution in [3.05, 3.63) is 41.2 Å². The number of halogens is 4. The summed E-state index contributed by atoms with van der Waals surface area (Å²) in [5.74, 6) is -2.31. The lowest BCUT2D eigenvalue weighted by atomic mass is 10.0. The first kappa shape index (κ1) is 20.4. The van der Waals surface area contributed by atoms with Crippen molar-refractivity contribution in [2.24, 2.45) is 5.73 Å². The van der Waals surface area contributed by atoms with E-state index in [1.807, 2.05) is 6.07 Å². The molecule has 4 N–H and O–H groups in total. The van der Waals surface area contributed by atoms with Crippen molar-refractivity contribution in [2.45, 2.75) is 12.6 Å². The minimum Gasteiger partial charge on any atom is -0.489 e. The highest BCUT2D eigenvalue weighted by atomic mass is 19.4. The highest BCUT2D eigenvalue weighted by molar-refractivity contribution is 5.97. The quantitative estimate of drug-likeness (QED) is 0.707. The van der Waals surface area contributed by atoms with Gasteiger partial charge < -0.3 is 20.9 Å². The number of alkyl halides is 3. The number of rotatable bonds is 4. The van der Waals surface area contributed by atoms with Crippen molar-refractivity contribution in [1.82, 2.24) is 5.32 Å². The molecule has 0 bridgehead atoms. The molecule has 0 saturated carbocycles. The van der Waals surface area contributed by atoms with Crippen molar-refractivity contribution in [1.29, 1.82) is 0 Å². The number of nitrogens with two attached hydrogens (primary N) is 1. The van der Waals surface area contributed by atoms with E-state index >= 15 is 0 Å². The smallest absolute Gasteiger partial charge is 0.489 e. The Labute approximate surface area is 140 Å². The molecule has 0 atom stereocenters. The molecule has 0 fully saturated rings. The predicted molar refractivity (Wildman–Crippen MR) is 79.9 cm³/mol. The number of carboxylic acids is 1. The molecule has 10 heteroatoms. The summed E-state index contributed by atoms with van der Waals surface area (Å²) in [6, 6.07) is 5.32. The molecule has 0 aliphatic carbocycles. The Hall–Kier alpha value is -2.62. The molecule has 0 unspecified atom stereocenters. The molecule has 1 aliphatic rings. The highest BCUT2D eigenvalue weighted by Gasteiger charge is 2.38. The number of hydrogen-bond acceptors (Lipinski definition) is 4. The van der Waals surface area contributed by atoms with Crippen molar-refractivity contribution >= 4 is 11.9 Å². The molecule has 1 aromatic rings. The first-order valence-corrected chi connectivity index (χ1v) is 7.01. The predicted octanol–water partition coefficient (Wildman–Crippen LogP) is 1.80. The topological polar surface area (TPSA) is 102 Å². The Bertz CT molecular complexity index is 659. The van der Waals surface area contributed by atoms with Gasteiger partial charge in [-0.2, -0.15) is 13.2 Å². The van der Waals surface area contributed by atoms with E-state index in [0.717, 1.165) is 12.0 Å². The van der Waals surface area contributed by atoms with Crippen LogP contribution in [0.2, 0.25) is 0 Å². The summed E-state index contributed by atoms with van der Waals surface area (Å²) in [4.78, 5) is 20.5. The molecule has 1 heterocycles. The van der Waals surface area contributed by atoms with Crippen LogP contribution in [0.5, 0.6) is 5.75 Å². The van der Waals surface area contributed by atoms with Gasteiger partial charge in [-0.1, -0.05) is 6.07 Å². The normalized spacial score (nSPS) is 14.0. The number of benzene rings is 1. The second-order valence-electron chi connectivity index (χ2n) is 4.89. The van der Waals surface area contributed by atoms with E-state index in [-0.39, 0.29) is 19.1 Å². The highest BCUT2D eigenvalue weighted by Crippen LogP contribution is 2.21. The molecule has 6 nitrogen and oxygen atoms in total. The zero-order valence-corrected chi connectivity index (χ0v) is 12.9. The fourth-order valence-electron chi connectivity index (χ4n) is 1.79. The minimum absolute atomic E-state index is 0.0907. The summed E-state index contributed by atoms with van der Waals surface area (Å²) < 4.78 is 49.4. The maximum atomic E-state index is 12.3. The Balaban J connectivity index is 0.000000381. The molecule has 0 aromatic heterocycles. The van der Waals surface area contributed by atoms with Crippen molar-refractivity contribution in [3.8, 4) is 5.75 Å². The second-order valence-corrected chi connectivity index (χ2v) is 4.89. The van der Waals surface area contributed by atoms with E-state index in [1.54, 1.807) is 12.1 Å². The lowest BCUT2D eigenvalue weighted by molar-refractivity contribution is -0.192. The van der Waals surface area contributed by atoms with Crippen LogP contribution < -0.4 is 15.8 Å². The largest absolute Gasteiger partial charge is 0.490 e. The molecule has 1 aromatic carbocycles. The zero-order chi connectivity index (χ0) is 19.0. The number of carbonyl (C=O) groups excluding carboxylic acids is 1. The van der Waals surface area contributed by atoms with Crippen LogP contribution in [0.4, 0.5) is 17.6 Å². The maximum Gasteiger partial charge on any atom is 0.490 e. The molecular weight excluding hydrogens is 348 g/mol. The summed E-state index contributed by atoms with van der Waals surface area (Å²) in [5.41, 5.74) is 7.33. The van der Waals surface area contributed by atoms with Crippen LogP contribution in [0.3, 0.4) is 0 Å². The number of fused-ring (bicyclic) bond motifs is 1. The van der Waals surface area contributed by atoms with Gasteiger partial charge in [0.05, 0.1) is 6.33 Å². The van der Waals surface area contributed by atoms with Gasteiger partial charge in [0.15, 0.2) is 0 Å². The standard InChI is InChI=1S/C13H15FN2O2.C2HF3O2/c14-6-9(7-15)8-18-11-2-1-10-3-4-16-13(17)12(10)5-11;3-2(4,5)1(6)7/h1-2,5-6H,3-4,7-8,15H2,(H,16,17);(H,6,7).